The molecule has 1 aliphatic rings. The van der Waals surface area contributed by atoms with E-state index in [9.17, 15) is 9.18 Å². The summed E-state index contributed by atoms with van der Waals surface area (Å²) in [5, 5.41) is 0.608. The molecule has 1 saturated carbocycles. The Morgan fingerprint density at radius 3 is 2.44 bits per heavy atom. The molecule has 0 bridgehead atoms. The number of imidazole rings is 1. The third kappa shape index (κ3) is 3.50. The maximum atomic E-state index is 15.2. The first-order valence-electron chi connectivity index (χ1n) is 11.0. The van der Waals surface area contributed by atoms with Gasteiger partial charge in [0.2, 0.25) is 0 Å². The zero-order valence-electron chi connectivity index (χ0n) is 18.5. The predicted molar refractivity (Wildman–Crippen MR) is 122 cm³/mol. The van der Waals surface area contributed by atoms with Gasteiger partial charge in [0.15, 0.2) is 11.5 Å². The van der Waals surface area contributed by atoms with Crippen LogP contribution in [0, 0.1) is 18.6 Å². The first-order valence-corrected chi connectivity index (χ1v) is 11.0. The second-order valence-electron chi connectivity index (χ2n) is 9.07. The molecule has 3 aromatic heterocycles. The van der Waals surface area contributed by atoms with Gasteiger partial charge < -0.3 is 13.9 Å². The third-order valence-corrected chi connectivity index (χ3v) is 6.73. The van der Waals surface area contributed by atoms with Gasteiger partial charge in [0, 0.05) is 36.2 Å². The molecule has 0 saturated heterocycles. The molecule has 0 N–H and O–H groups in total. The molecule has 0 radical (unpaired) electrons. The average molecular weight is 437 g/mol. The van der Waals surface area contributed by atoms with Crippen molar-refractivity contribution in [3.8, 4) is 11.1 Å². The Morgan fingerprint density at radius 2 is 1.72 bits per heavy atom. The minimum atomic E-state index is -0.582. The van der Waals surface area contributed by atoms with Gasteiger partial charge in [-0.25, -0.2) is 13.8 Å². The summed E-state index contributed by atoms with van der Waals surface area (Å²) < 4.78 is 33.0. The normalized spacial score (nSPS) is 19.3. The van der Waals surface area contributed by atoms with Gasteiger partial charge in [-0.15, -0.1) is 0 Å². The van der Waals surface area contributed by atoms with Gasteiger partial charge >= 0.3 is 0 Å². The number of nitrogens with zero attached hydrogens (tertiary/aromatic N) is 4. The van der Waals surface area contributed by atoms with Crippen molar-refractivity contribution in [3.63, 3.8) is 0 Å². The Morgan fingerprint density at radius 1 is 1.00 bits per heavy atom. The molecule has 0 atom stereocenters. The number of fused-ring (bicyclic) bond motifs is 2. The fourth-order valence-corrected chi connectivity index (χ4v) is 4.99. The molecular formula is C25H26F2N4O. The number of hydrogen-bond acceptors (Lipinski definition) is 3. The summed E-state index contributed by atoms with van der Waals surface area (Å²) >= 11 is 0. The average Bonchev–Trinajstić information content (AvgIpc) is 3.14. The summed E-state index contributed by atoms with van der Waals surface area (Å²) in [5.41, 5.74) is 1.68. The number of aryl methyl sites for hydroxylation is 1. The van der Waals surface area contributed by atoms with Crippen LogP contribution in [0.4, 0.5) is 8.78 Å². The largest absolute Gasteiger partial charge is 0.312 e. The highest BCUT2D eigenvalue weighted by molar-refractivity contribution is 5.87. The van der Waals surface area contributed by atoms with E-state index in [0.29, 0.717) is 28.2 Å². The summed E-state index contributed by atoms with van der Waals surface area (Å²) in [4.78, 5) is 19.6. The molecule has 1 aromatic carbocycles. The summed E-state index contributed by atoms with van der Waals surface area (Å²) in [6.45, 7) is 1.79. The fourth-order valence-electron chi connectivity index (χ4n) is 4.99. The Balaban J connectivity index is 1.54. The highest BCUT2D eigenvalue weighted by atomic mass is 19.1. The summed E-state index contributed by atoms with van der Waals surface area (Å²) in [6.07, 6.45) is 9.07. The standard InChI is InChI=1S/C25H26F2N4O/c1-15-13-30-14-18(12-22(27)24(30)28-15)17-10-16-8-9-31(25(32)23(16)21(26)11-17)20-6-4-19(5-7-20)29(2)3/h8-14,19-20H,4-7H2,1-3H3/t19-,20+. The van der Waals surface area contributed by atoms with E-state index in [1.165, 1.54) is 12.1 Å². The number of benzene rings is 1. The molecule has 7 heteroatoms. The molecule has 0 amide bonds. The van der Waals surface area contributed by atoms with E-state index in [1.807, 2.05) is 0 Å². The Kier molecular flexibility index (Phi) is 5.08. The van der Waals surface area contributed by atoms with Crippen molar-refractivity contribution < 1.29 is 8.78 Å². The van der Waals surface area contributed by atoms with Crippen molar-refractivity contribution in [2.75, 3.05) is 14.1 Å². The van der Waals surface area contributed by atoms with Crippen LogP contribution in [0.25, 0.3) is 27.5 Å². The maximum Gasteiger partial charge on any atom is 0.261 e. The lowest BCUT2D eigenvalue weighted by Gasteiger charge is -2.33. The lowest BCUT2D eigenvalue weighted by molar-refractivity contribution is 0.194. The number of rotatable bonds is 3. The van der Waals surface area contributed by atoms with E-state index in [0.717, 1.165) is 25.7 Å². The summed E-state index contributed by atoms with van der Waals surface area (Å²) in [7, 11) is 4.16. The molecular weight excluding hydrogens is 410 g/mol. The Hall–Kier alpha value is -3.06. The number of pyridine rings is 2. The second kappa shape index (κ2) is 7.81. The van der Waals surface area contributed by atoms with Gasteiger partial charge in [-0.05, 0) is 81.9 Å². The molecule has 1 aliphatic carbocycles. The van der Waals surface area contributed by atoms with Crippen molar-refractivity contribution in [1.29, 1.82) is 0 Å². The zero-order valence-corrected chi connectivity index (χ0v) is 18.5. The molecule has 3 heterocycles. The molecule has 0 spiro atoms. The van der Waals surface area contributed by atoms with Crippen molar-refractivity contribution in [3.05, 3.63) is 70.5 Å². The number of hydrogen-bond donors (Lipinski definition) is 0. The van der Waals surface area contributed by atoms with Gasteiger partial charge in [-0.1, -0.05) is 0 Å². The van der Waals surface area contributed by atoms with Crippen LogP contribution in [-0.4, -0.2) is 39.0 Å². The lowest BCUT2D eigenvalue weighted by atomic mass is 9.90. The maximum absolute atomic E-state index is 15.2. The van der Waals surface area contributed by atoms with Crippen molar-refractivity contribution in [1.82, 2.24) is 18.9 Å². The molecule has 1 fully saturated rings. The Bertz CT molecular complexity index is 1380. The van der Waals surface area contributed by atoms with E-state index in [2.05, 4.69) is 24.0 Å². The quantitative estimate of drug-likeness (QED) is 0.457. The van der Waals surface area contributed by atoms with Gasteiger partial charge in [-0.2, -0.15) is 0 Å². The van der Waals surface area contributed by atoms with Crippen molar-refractivity contribution >= 4 is 16.4 Å². The van der Waals surface area contributed by atoms with Crippen LogP contribution in [0.1, 0.15) is 37.4 Å². The smallest absolute Gasteiger partial charge is 0.261 e. The number of halogens is 2. The van der Waals surface area contributed by atoms with Crippen LogP contribution in [0.15, 0.2) is 47.7 Å². The van der Waals surface area contributed by atoms with Crippen LogP contribution >= 0.6 is 0 Å². The monoisotopic (exact) mass is 436 g/mol. The highest BCUT2D eigenvalue weighted by Gasteiger charge is 2.25. The second-order valence-corrected chi connectivity index (χ2v) is 9.07. The first-order chi connectivity index (χ1) is 15.3. The minimum absolute atomic E-state index is 0.0863. The van der Waals surface area contributed by atoms with E-state index in [4.69, 9.17) is 0 Å². The van der Waals surface area contributed by atoms with Gasteiger partial charge in [-0.3, -0.25) is 4.79 Å². The molecule has 32 heavy (non-hydrogen) atoms. The summed E-state index contributed by atoms with van der Waals surface area (Å²) in [5.74, 6) is -1.05. The third-order valence-electron chi connectivity index (χ3n) is 6.73. The fraction of sp³-hybridized carbons (Fsp3) is 0.360. The molecule has 5 nitrogen and oxygen atoms in total. The Labute approximate surface area is 184 Å². The van der Waals surface area contributed by atoms with Crippen LogP contribution in [-0.2, 0) is 0 Å². The van der Waals surface area contributed by atoms with Crippen LogP contribution in [0.2, 0.25) is 0 Å². The summed E-state index contributed by atoms with van der Waals surface area (Å²) in [6, 6.07) is 6.82. The van der Waals surface area contributed by atoms with E-state index < -0.39 is 11.6 Å². The van der Waals surface area contributed by atoms with Crippen molar-refractivity contribution in [2.45, 2.75) is 44.7 Å². The first kappa shape index (κ1) is 20.8. The lowest BCUT2D eigenvalue weighted by Crippen LogP contribution is -2.35. The van der Waals surface area contributed by atoms with Gasteiger partial charge in [0.1, 0.15) is 5.82 Å². The van der Waals surface area contributed by atoms with Crippen LogP contribution in [0.5, 0.6) is 0 Å². The highest BCUT2D eigenvalue weighted by Crippen LogP contribution is 2.31. The molecule has 4 aromatic rings. The molecule has 166 valence electrons. The van der Waals surface area contributed by atoms with E-state index >= 15 is 4.39 Å². The van der Waals surface area contributed by atoms with Crippen LogP contribution in [0.3, 0.4) is 0 Å². The number of aromatic nitrogens is 3. The van der Waals surface area contributed by atoms with E-state index in [1.54, 1.807) is 46.6 Å². The van der Waals surface area contributed by atoms with Gasteiger partial charge in [0.25, 0.3) is 5.56 Å². The molecule has 5 rings (SSSR count). The van der Waals surface area contributed by atoms with Crippen molar-refractivity contribution in [2.24, 2.45) is 0 Å². The van der Waals surface area contributed by atoms with Gasteiger partial charge in [0.05, 0.1) is 11.1 Å². The predicted octanol–water partition coefficient (Wildman–Crippen LogP) is 4.95. The zero-order chi connectivity index (χ0) is 22.6. The topological polar surface area (TPSA) is 42.5 Å². The van der Waals surface area contributed by atoms with E-state index in [-0.39, 0.29) is 22.6 Å². The molecule has 0 aliphatic heterocycles. The van der Waals surface area contributed by atoms with Crippen LogP contribution < -0.4 is 5.56 Å². The SMILES string of the molecule is Cc1cn2cc(-c3cc(F)c4c(=O)n([C@H]5CC[C@@H](N(C)C)CC5)ccc4c3)cc(F)c2n1. The molecule has 0 unspecified atom stereocenters. The minimum Gasteiger partial charge on any atom is -0.312 e.